The topological polar surface area (TPSA) is 67.7 Å². The van der Waals surface area contributed by atoms with E-state index in [0.29, 0.717) is 31.9 Å². The van der Waals surface area contributed by atoms with Gasteiger partial charge < -0.3 is 14.5 Å². The van der Waals surface area contributed by atoms with Crippen molar-refractivity contribution in [3.05, 3.63) is 36.0 Å². The molecule has 0 bridgehead atoms. The second-order valence-corrected chi connectivity index (χ2v) is 5.70. The number of hydrogen-bond donors (Lipinski definition) is 0. The van der Waals surface area contributed by atoms with Crippen molar-refractivity contribution in [2.24, 2.45) is 7.05 Å². The van der Waals surface area contributed by atoms with E-state index in [1.165, 1.54) is 0 Å². The molecule has 24 heavy (non-hydrogen) atoms. The molecule has 1 saturated heterocycles. The van der Waals surface area contributed by atoms with E-state index >= 15 is 0 Å². The second-order valence-electron chi connectivity index (χ2n) is 5.70. The van der Waals surface area contributed by atoms with Crippen molar-refractivity contribution in [3.63, 3.8) is 0 Å². The first-order valence-corrected chi connectivity index (χ1v) is 7.79. The van der Waals surface area contributed by atoms with Crippen LogP contribution in [0.3, 0.4) is 0 Å². The van der Waals surface area contributed by atoms with Crippen LogP contribution in [-0.4, -0.2) is 65.2 Å². The molecule has 1 aromatic carbocycles. The molecule has 2 amide bonds. The van der Waals surface area contributed by atoms with E-state index in [1.54, 1.807) is 27.7 Å². The Morgan fingerprint density at radius 3 is 2.42 bits per heavy atom. The van der Waals surface area contributed by atoms with Crippen molar-refractivity contribution in [2.75, 3.05) is 33.3 Å². The number of methoxy groups -OCH3 is 1. The third kappa shape index (κ3) is 3.10. The monoisotopic (exact) mass is 328 g/mol. The Balaban J connectivity index is 1.78. The van der Waals surface area contributed by atoms with Crippen LogP contribution in [0.5, 0.6) is 5.75 Å². The Kier molecular flexibility index (Phi) is 4.50. The molecular weight excluding hydrogens is 308 g/mol. The Morgan fingerprint density at radius 1 is 1.17 bits per heavy atom. The first-order valence-electron chi connectivity index (χ1n) is 7.79. The SMILES string of the molecule is COc1ccc(-c2cc(C(=O)N3CCN(C=O)CC3)nn2C)cc1. The maximum atomic E-state index is 12.6. The lowest BCUT2D eigenvalue weighted by Crippen LogP contribution is -2.48. The van der Waals surface area contributed by atoms with Gasteiger partial charge >= 0.3 is 0 Å². The third-order valence-corrected chi connectivity index (χ3v) is 4.24. The lowest BCUT2D eigenvalue weighted by molar-refractivity contribution is -0.119. The standard InChI is InChI=1S/C17H20N4O3/c1-19-16(13-3-5-14(24-2)6-4-13)11-15(18-19)17(23)21-9-7-20(12-22)8-10-21/h3-6,11-12H,7-10H2,1-2H3. The first kappa shape index (κ1) is 16.0. The number of aryl methyl sites for hydroxylation is 1. The van der Waals surface area contributed by atoms with Gasteiger partial charge in [0.2, 0.25) is 6.41 Å². The summed E-state index contributed by atoms with van der Waals surface area (Å²) < 4.78 is 6.87. The summed E-state index contributed by atoms with van der Waals surface area (Å²) in [6, 6.07) is 9.43. The van der Waals surface area contributed by atoms with Crippen LogP contribution in [0, 0.1) is 0 Å². The van der Waals surface area contributed by atoms with E-state index in [4.69, 9.17) is 4.74 Å². The summed E-state index contributed by atoms with van der Waals surface area (Å²) in [6.45, 7) is 2.19. The predicted octanol–water partition coefficient (Wildman–Crippen LogP) is 1.01. The van der Waals surface area contributed by atoms with Crippen LogP contribution < -0.4 is 4.74 Å². The van der Waals surface area contributed by atoms with Crippen LogP contribution in [0.1, 0.15) is 10.5 Å². The fraction of sp³-hybridized carbons (Fsp3) is 0.353. The summed E-state index contributed by atoms with van der Waals surface area (Å²) in [5.41, 5.74) is 2.26. The smallest absolute Gasteiger partial charge is 0.274 e. The molecule has 2 aromatic rings. The molecule has 0 atom stereocenters. The van der Waals surface area contributed by atoms with Crippen LogP contribution in [0.25, 0.3) is 11.3 Å². The minimum Gasteiger partial charge on any atom is -0.497 e. The number of aromatic nitrogens is 2. The summed E-state index contributed by atoms with van der Waals surface area (Å²) in [7, 11) is 3.45. The number of piperazine rings is 1. The molecular formula is C17H20N4O3. The fourth-order valence-corrected chi connectivity index (χ4v) is 2.80. The summed E-state index contributed by atoms with van der Waals surface area (Å²) in [6.07, 6.45) is 0.824. The number of carbonyl (C=O) groups excluding carboxylic acids is 2. The van der Waals surface area contributed by atoms with Gasteiger partial charge in [-0.3, -0.25) is 14.3 Å². The zero-order valence-corrected chi connectivity index (χ0v) is 13.8. The first-order chi connectivity index (χ1) is 11.6. The van der Waals surface area contributed by atoms with Gasteiger partial charge in [-0.2, -0.15) is 5.10 Å². The van der Waals surface area contributed by atoms with E-state index in [-0.39, 0.29) is 5.91 Å². The Labute approximate surface area is 140 Å². The number of ether oxygens (including phenoxy) is 1. The van der Waals surface area contributed by atoms with Gasteiger partial charge in [-0.05, 0) is 30.3 Å². The molecule has 7 heteroatoms. The van der Waals surface area contributed by atoms with E-state index in [2.05, 4.69) is 5.10 Å². The van der Waals surface area contributed by atoms with Crippen molar-refractivity contribution in [1.82, 2.24) is 19.6 Å². The maximum absolute atomic E-state index is 12.6. The highest BCUT2D eigenvalue weighted by atomic mass is 16.5. The van der Waals surface area contributed by atoms with Crippen LogP contribution in [-0.2, 0) is 11.8 Å². The van der Waals surface area contributed by atoms with Crippen molar-refractivity contribution < 1.29 is 14.3 Å². The number of nitrogens with zero attached hydrogens (tertiary/aromatic N) is 4. The molecule has 1 aromatic heterocycles. The molecule has 0 radical (unpaired) electrons. The van der Waals surface area contributed by atoms with Crippen molar-refractivity contribution >= 4 is 12.3 Å². The highest BCUT2D eigenvalue weighted by molar-refractivity contribution is 5.93. The number of hydrogen-bond acceptors (Lipinski definition) is 4. The van der Waals surface area contributed by atoms with Crippen molar-refractivity contribution in [1.29, 1.82) is 0 Å². The summed E-state index contributed by atoms with van der Waals surface area (Å²) in [5.74, 6) is 0.682. The molecule has 0 unspecified atom stereocenters. The van der Waals surface area contributed by atoms with Crippen molar-refractivity contribution in [3.8, 4) is 17.0 Å². The molecule has 0 spiro atoms. The van der Waals surface area contributed by atoms with Gasteiger partial charge in [0, 0.05) is 38.8 Å². The van der Waals surface area contributed by atoms with Gasteiger partial charge in [0.25, 0.3) is 5.91 Å². The van der Waals surface area contributed by atoms with Gasteiger partial charge in [-0.25, -0.2) is 0 Å². The number of carbonyl (C=O) groups is 2. The molecule has 2 heterocycles. The molecule has 3 rings (SSSR count). The minimum absolute atomic E-state index is 0.101. The van der Waals surface area contributed by atoms with Crippen LogP contribution in [0.2, 0.25) is 0 Å². The highest BCUT2D eigenvalue weighted by Crippen LogP contribution is 2.23. The number of benzene rings is 1. The average molecular weight is 328 g/mol. The highest BCUT2D eigenvalue weighted by Gasteiger charge is 2.24. The van der Waals surface area contributed by atoms with E-state index in [9.17, 15) is 9.59 Å². The van der Waals surface area contributed by atoms with Gasteiger partial charge in [0.05, 0.1) is 12.8 Å². The lowest BCUT2D eigenvalue weighted by atomic mass is 10.1. The Hall–Kier alpha value is -2.83. The van der Waals surface area contributed by atoms with E-state index in [1.807, 2.05) is 31.3 Å². The Bertz CT molecular complexity index is 731. The van der Waals surface area contributed by atoms with Gasteiger partial charge in [-0.15, -0.1) is 0 Å². The molecule has 0 aliphatic carbocycles. The predicted molar refractivity (Wildman–Crippen MR) is 88.7 cm³/mol. The number of amides is 2. The van der Waals surface area contributed by atoms with Crippen LogP contribution in [0.4, 0.5) is 0 Å². The molecule has 126 valence electrons. The third-order valence-electron chi connectivity index (χ3n) is 4.24. The summed E-state index contributed by atoms with van der Waals surface area (Å²) in [4.78, 5) is 26.8. The zero-order chi connectivity index (χ0) is 17.1. The lowest BCUT2D eigenvalue weighted by Gasteiger charge is -2.32. The molecule has 7 nitrogen and oxygen atoms in total. The molecule has 1 fully saturated rings. The average Bonchev–Trinajstić information content (AvgIpc) is 3.03. The zero-order valence-electron chi connectivity index (χ0n) is 13.8. The maximum Gasteiger partial charge on any atom is 0.274 e. The quantitative estimate of drug-likeness (QED) is 0.786. The van der Waals surface area contributed by atoms with Gasteiger partial charge in [0.15, 0.2) is 5.69 Å². The Morgan fingerprint density at radius 2 is 1.83 bits per heavy atom. The molecule has 1 aliphatic rings. The van der Waals surface area contributed by atoms with Crippen molar-refractivity contribution in [2.45, 2.75) is 0 Å². The molecule has 0 saturated carbocycles. The second kappa shape index (κ2) is 6.74. The fourth-order valence-electron chi connectivity index (χ4n) is 2.80. The van der Waals surface area contributed by atoms with E-state index in [0.717, 1.165) is 23.4 Å². The normalized spacial score (nSPS) is 14.6. The number of rotatable bonds is 4. The minimum atomic E-state index is -0.101. The van der Waals surface area contributed by atoms with Crippen LogP contribution in [0.15, 0.2) is 30.3 Å². The summed E-state index contributed by atoms with van der Waals surface area (Å²) >= 11 is 0. The molecule has 1 aliphatic heterocycles. The van der Waals surface area contributed by atoms with Gasteiger partial charge in [-0.1, -0.05) is 0 Å². The summed E-state index contributed by atoms with van der Waals surface area (Å²) in [5, 5.41) is 4.35. The van der Waals surface area contributed by atoms with Gasteiger partial charge in [0.1, 0.15) is 5.75 Å². The van der Waals surface area contributed by atoms with Crippen LogP contribution >= 0.6 is 0 Å². The van der Waals surface area contributed by atoms with E-state index < -0.39 is 0 Å². The largest absolute Gasteiger partial charge is 0.497 e. The molecule has 0 N–H and O–H groups in total.